The van der Waals surface area contributed by atoms with E-state index in [1.807, 2.05) is 11.8 Å². The van der Waals surface area contributed by atoms with Gasteiger partial charge in [-0.25, -0.2) is 0 Å². The Morgan fingerprint density at radius 3 is 2.35 bits per heavy atom. The molecule has 3 nitrogen and oxygen atoms in total. The van der Waals surface area contributed by atoms with Gasteiger partial charge in [-0.1, -0.05) is 12.8 Å². The summed E-state index contributed by atoms with van der Waals surface area (Å²) in [4.78, 5) is 2.57. The summed E-state index contributed by atoms with van der Waals surface area (Å²) in [5.74, 6) is 0. The average molecular weight is 260 g/mol. The van der Waals surface area contributed by atoms with Crippen LogP contribution < -0.4 is 5.73 Å². The Labute approximate surface area is 110 Å². The van der Waals surface area contributed by atoms with Crippen LogP contribution in [0.1, 0.15) is 38.5 Å². The summed E-state index contributed by atoms with van der Waals surface area (Å²) in [5.41, 5.74) is 5.89. The highest BCUT2D eigenvalue weighted by atomic mass is 32.2. The van der Waals surface area contributed by atoms with Crippen LogP contribution >= 0.6 is 11.8 Å². The first-order valence-electron chi connectivity index (χ1n) is 6.85. The number of thioether (sulfide) groups is 1. The Balaban J connectivity index is 2.10. The molecule has 0 spiro atoms. The van der Waals surface area contributed by atoms with Gasteiger partial charge >= 0.3 is 0 Å². The lowest BCUT2D eigenvalue weighted by atomic mass is 9.95. The lowest BCUT2D eigenvalue weighted by Crippen LogP contribution is -2.46. The molecule has 0 aromatic carbocycles. The van der Waals surface area contributed by atoms with Gasteiger partial charge in [0.05, 0.1) is 0 Å². The van der Waals surface area contributed by atoms with Crippen molar-refractivity contribution in [2.24, 2.45) is 5.73 Å². The van der Waals surface area contributed by atoms with Gasteiger partial charge in [0.1, 0.15) is 0 Å². The standard InChI is InChI=1S/C13H28N2OS/c1-17-13(12-14)6-9-15(10-7-13)8-4-2-3-5-11-16/h16H,2-12,14H2,1H3. The van der Waals surface area contributed by atoms with E-state index in [2.05, 4.69) is 11.2 Å². The molecule has 0 radical (unpaired) electrons. The van der Waals surface area contributed by atoms with E-state index in [1.165, 1.54) is 51.7 Å². The molecule has 0 bridgehead atoms. The quantitative estimate of drug-likeness (QED) is 0.652. The maximum Gasteiger partial charge on any atom is 0.0431 e. The van der Waals surface area contributed by atoms with Gasteiger partial charge in [-0.15, -0.1) is 0 Å². The predicted octanol–water partition coefficient (Wildman–Crippen LogP) is 1.70. The topological polar surface area (TPSA) is 49.5 Å². The number of nitrogens with two attached hydrogens (primary N) is 1. The van der Waals surface area contributed by atoms with Crippen LogP contribution in [0, 0.1) is 0 Å². The van der Waals surface area contributed by atoms with Crippen LogP contribution in [0.25, 0.3) is 0 Å². The molecule has 1 fully saturated rings. The molecular weight excluding hydrogens is 232 g/mol. The van der Waals surface area contributed by atoms with Crippen LogP contribution in [0.4, 0.5) is 0 Å². The molecule has 1 heterocycles. The van der Waals surface area contributed by atoms with E-state index in [0.29, 0.717) is 11.4 Å². The Hall–Kier alpha value is 0.230. The zero-order chi connectivity index (χ0) is 12.6. The van der Waals surface area contributed by atoms with Gasteiger partial charge in [0.2, 0.25) is 0 Å². The Bertz CT molecular complexity index is 188. The largest absolute Gasteiger partial charge is 0.396 e. The van der Waals surface area contributed by atoms with Gasteiger partial charge in [-0.2, -0.15) is 11.8 Å². The molecule has 0 atom stereocenters. The molecule has 1 aliphatic heterocycles. The van der Waals surface area contributed by atoms with Crippen LogP contribution in [0.3, 0.4) is 0 Å². The maximum atomic E-state index is 8.70. The monoisotopic (exact) mass is 260 g/mol. The fourth-order valence-corrected chi connectivity index (χ4v) is 3.23. The normalized spacial score (nSPS) is 20.6. The van der Waals surface area contributed by atoms with Gasteiger partial charge in [0.25, 0.3) is 0 Å². The predicted molar refractivity (Wildman–Crippen MR) is 76.5 cm³/mol. The third-order valence-electron chi connectivity index (χ3n) is 3.95. The van der Waals surface area contributed by atoms with Crippen molar-refractivity contribution in [3.8, 4) is 0 Å². The molecule has 0 unspecified atom stereocenters. The van der Waals surface area contributed by atoms with Crippen LogP contribution in [-0.2, 0) is 0 Å². The summed E-state index contributed by atoms with van der Waals surface area (Å²) in [6.45, 7) is 4.80. The van der Waals surface area contributed by atoms with Gasteiger partial charge in [0, 0.05) is 17.9 Å². The number of likely N-dealkylation sites (tertiary alicyclic amines) is 1. The third-order valence-corrected chi connectivity index (χ3v) is 5.40. The molecule has 1 aliphatic rings. The molecular formula is C13H28N2OS. The molecule has 0 aromatic heterocycles. The summed E-state index contributed by atoms with van der Waals surface area (Å²) < 4.78 is 0.355. The summed E-state index contributed by atoms with van der Waals surface area (Å²) >= 11 is 1.95. The van der Waals surface area contributed by atoms with Crippen LogP contribution in [0.15, 0.2) is 0 Å². The summed E-state index contributed by atoms with van der Waals surface area (Å²) in [5, 5.41) is 8.70. The minimum atomic E-state index is 0.344. The Morgan fingerprint density at radius 2 is 1.82 bits per heavy atom. The summed E-state index contributed by atoms with van der Waals surface area (Å²) in [7, 11) is 0. The van der Waals surface area contributed by atoms with E-state index in [1.54, 1.807) is 0 Å². The average Bonchev–Trinajstić information content (AvgIpc) is 2.39. The van der Waals surface area contributed by atoms with E-state index in [9.17, 15) is 0 Å². The van der Waals surface area contributed by atoms with E-state index in [4.69, 9.17) is 10.8 Å². The highest BCUT2D eigenvalue weighted by molar-refractivity contribution is 8.00. The van der Waals surface area contributed by atoms with Crippen molar-refractivity contribution in [1.82, 2.24) is 4.90 Å². The number of aliphatic hydroxyl groups excluding tert-OH is 1. The zero-order valence-corrected chi connectivity index (χ0v) is 12.0. The molecule has 1 rings (SSSR count). The van der Waals surface area contributed by atoms with Crippen molar-refractivity contribution in [2.45, 2.75) is 43.3 Å². The second-order valence-electron chi connectivity index (χ2n) is 5.07. The molecule has 17 heavy (non-hydrogen) atoms. The van der Waals surface area contributed by atoms with E-state index >= 15 is 0 Å². The molecule has 3 N–H and O–H groups in total. The van der Waals surface area contributed by atoms with Crippen LogP contribution in [0.5, 0.6) is 0 Å². The number of hydrogen-bond donors (Lipinski definition) is 2. The minimum Gasteiger partial charge on any atom is -0.396 e. The first-order valence-corrected chi connectivity index (χ1v) is 8.07. The maximum absolute atomic E-state index is 8.70. The number of hydrogen-bond acceptors (Lipinski definition) is 4. The van der Waals surface area contributed by atoms with Gasteiger partial charge in [0.15, 0.2) is 0 Å². The van der Waals surface area contributed by atoms with Gasteiger partial charge < -0.3 is 15.7 Å². The molecule has 0 amide bonds. The highest BCUT2D eigenvalue weighted by Gasteiger charge is 2.32. The Morgan fingerprint density at radius 1 is 1.18 bits per heavy atom. The fraction of sp³-hybridized carbons (Fsp3) is 1.00. The van der Waals surface area contributed by atoms with E-state index in [0.717, 1.165) is 13.0 Å². The number of aliphatic hydroxyl groups is 1. The summed E-state index contributed by atoms with van der Waals surface area (Å²) in [6.07, 6.45) is 9.32. The van der Waals surface area contributed by atoms with Crippen molar-refractivity contribution < 1.29 is 5.11 Å². The van der Waals surface area contributed by atoms with E-state index in [-0.39, 0.29) is 0 Å². The van der Waals surface area contributed by atoms with Crippen molar-refractivity contribution in [2.75, 3.05) is 39.0 Å². The second-order valence-corrected chi connectivity index (χ2v) is 6.34. The second kappa shape index (κ2) is 8.35. The van der Waals surface area contributed by atoms with E-state index < -0.39 is 0 Å². The van der Waals surface area contributed by atoms with Crippen molar-refractivity contribution in [1.29, 1.82) is 0 Å². The smallest absolute Gasteiger partial charge is 0.0431 e. The Kier molecular flexibility index (Phi) is 7.51. The lowest BCUT2D eigenvalue weighted by Gasteiger charge is -2.40. The van der Waals surface area contributed by atoms with Crippen LogP contribution in [0.2, 0.25) is 0 Å². The molecule has 0 aliphatic carbocycles. The van der Waals surface area contributed by atoms with Gasteiger partial charge in [-0.05, 0) is 51.6 Å². The van der Waals surface area contributed by atoms with Crippen molar-refractivity contribution in [3.63, 3.8) is 0 Å². The minimum absolute atomic E-state index is 0.344. The SMILES string of the molecule is CSC1(CN)CCN(CCCCCCO)CC1. The molecule has 4 heteroatoms. The first kappa shape index (κ1) is 15.3. The van der Waals surface area contributed by atoms with Gasteiger partial charge in [-0.3, -0.25) is 0 Å². The number of nitrogens with zero attached hydrogens (tertiary/aromatic N) is 1. The van der Waals surface area contributed by atoms with Crippen molar-refractivity contribution in [3.05, 3.63) is 0 Å². The molecule has 0 saturated carbocycles. The zero-order valence-electron chi connectivity index (χ0n) is 11.2. The lowest BCUT2D eigenvalue weighted by molar-refractivity contribution is 0.197. The number of piperidine rings is 1. The fourth-order valence-electron chi connectivity index (χ4n) is 2.48. The summed E-state index contributed by atoms with van der Waals surface area (Å²) in [6, 6.07) is 0. The van der Waals surface area contributed by atoms with Crippen molar-refractivity contribution >= 4 is 11.8 Å². The number of rotatable bonds is 8. The molecule has 102 valence electrons. The molecule has 1 saturated heterocycles. The highest BCUT2D eigenvalue weighted by Crippen LogP contribution is 2.33. The number of unbranched alkanes of at least 4 members (excludes halogenated alkanes) is 3. The molecule has 0 aromatic rings. The third kappa shape index (κ3) is 5.16. The first-order chi connectivity index (χ1) is 8.26. The van der Waals surface area contributed by atoms with Crippen LogP contribution in [-0.4, -0.2) is 53.8 Å².